The molecule has 2 aromatic heterocycles. The molecule has 206 valence electrons. The van der Waals surface area contributed by atoms with E-state index in [2.05, 4.69) is 37.1 Å². The van der Waals surface area contributed by atoms with Crippen molar-refractivity contribution in [2.45, 2.75) is 49.1 Å². The highest BCUT2D eigenvalue weighted by Crippen LogP contribution is 2.32. The molecule has 2 saturated heterocycles. The Morgan fingerprint density at radius 1 is 0.974 bits per heavy atom. The first kappa shape index (κ1) is 26.6. The van der Waals surface area contributed by atoms with Crippen LogP contribution in [0.4, 0.5) is 17.0 Å². The maximum Gasteiger partial charge on any atom is 0.234 e. The zero-order valence-corrected chi connectivity index (χ0v) is 24.1. The fraction of sp³-hybridized carbons (Fsp3) is 0.536. The van der Waals surface area contributed by atoms with Crippen molar-refractivity contribution in [3.8, 4) is 0 Å². The van der Waals surface area contributed by atoms with Crippen LogP contribution in [0.2, 0.25) is 0 Å². The van der Waals surface area contributed by atoms with Gasteiger partial charge in [-0.05, 0) is 75.2 Å². The van der Waals surface area contributed by atoms with Gasteiger partial charge in [-0.25, -0.2) is 4.98 Å². The standard InChI is InChI=1S/C28H36N8OS2/c1-20-19-29-27(38-20)31-25-30-26(36-16-14-35(15-17-36)13-12-34-10-2-3-11-34)33-28(32-25)39-23-8-4-21(5-9-23)18-24(37)22-6-7-22/h4-5,8-9,19,22H,2-3,6-7,10-18H2,1H3,(H,29,30,31,32,33). The molecule has 39 heavy (non-hydrogen) atoms. The lowest BCUT2D eigenvalue weighted by atomic mass is 10.1. The first-order chi connectivity index (χ1) is 19.1. The van der Waals surface area contributed by atoms with Gasteiger partial charge in [-0.3, -0.25) is 15.0 Å². The lowest BCUT2D eigenvalue weighted by Crippen LogP contribution is -2.48. The Balaban J connectivity index is 1.13. The predicted molar refractivity (Wildman–Crippen MR) is 156 cm³/mol. The van der Waals surface area contributed by atoms with Crippen molar-refractivity contribution in [1.29, 1.82) is 0 Å². The van der Waals surface area contributed by atoms with Crippen molar-refractivity contribution < 1.29 is 4.79 Å². The van der Waals surface area contributed by atoms with Gasteiger partial charge in [-0.15, -0.1) is 11.3 Å². The summed E-state index contributed by atoms with van der Waals surface area (Å²) in [6, 6.07) is 8.20. The van der Waals surface area contributed by atoms with Crippen molar-refractivity contribution >= 4 is 45.9 Å². The molecule has 1 saturated carbocycles. The van der Waals surface area contributed by atoms with Crippen LogP contribution in [0.1, 0.15) is 36.1 Å². The van der Waals surface area contributed by atoms with Gasteiger partial charge in [0.1, 0.15) is 5.78 Å². The second-order valence-electron chi connectivity index (χ2n) is 10.7. The predicted octanol–water partition coefficient (Wildman–Crippen LogP) is 4.27. The van der Waals surface area contributed by atoms with E-state index in [0.29, 0.717) is 35.2 Å². The lowest BCUT2D eigenvalue weighted by Gasteiger charge is -2.35. The number of rotatable bonds is 11. The molecule has 6 rings (SSSR count). The molecule has 4 heterocycles. The number of aryl methyl sites for hydroxylation is 1. The number of nitrogens with one attached hydrogen (secondary N) is 1. The summed E-state index contributed by atoms with van der Waals surface area (Å²) in [4.78, 5) is 40.6. The molecule has 0 spiro atoms. The summed E-state index contributed by atoms with van der Waals surface area (Å²) in [6.45, 7) is 10.7. The fourth-order valence-electron chi connectivity index (χ4n) is 5.09. The lowest BCUT2D eigenvalue weighted by molar-refractivity contribution is -0.119. The monoisotopic (exact) mass is 564 g/mol. The minimum absolute atomic E-state index is 0.294. The number of carbonyl (C=O) groups excluding carboxylic acids is 1. The van der Waals surface area contributed by atoms with Gasteiger partial charge >= 0.3 is 0 Å². The number of carbonyl (C=O) groups is 1. The van der Waals surface area contributed by atoms with Crippen LogP contribution in [-0.4, -0.2) is 87.9 Å². The summed E-state index contributed by atoms with van der Waals surface area (Å²) >= 11 is 3.10. The molecule has 0 bridgehead atoms. The quantitative estimate of drug-likeness (QED) is 0.364. The van der Waals surface area contributed by atoms with Crippen molar-refractivity contribution in [3.63, 3.8) is 0 Å². The van der Waals surface area contributed by atoms with Crippen LogP contribution >= 0.6 is 23.1 Å². The molecule has 0 radical (unpaired) electrons. The number of anilines is 3. The van der Waals surface area contributed by atoms with E-state index in [1.54, 1.807) is 11.3 Å². The van der Waals surface area contributed by atoms with Crippen LogP contribution in [0.5, 0.6) is 0 Å². The zero-order valence-electron chi connectivity index (χ0n) is 22.5. The first-order valence-electron chi connectivity index (χ1n) is 14.0. The summed E-state index contributed by atoms with van der Waals surface area (Å²) in [6.07, 6.45) is 7.17. The fourth-order valence-corrected chi connectivity index (χ4v) is 6.49. The molecule has 0 atom stereocenters. The Labute approximate surface area is 238 Å². The topological polar surface area (TPSA) is 90.4 Å². The van der Waals surface area contributed by atoms with Gasteiger partial charge in [-0.2, -0.15) is 15.0 Å². The van der Waals surface area contributed by atoms with Crippen molar-refractivity contribution in [2.75, 3.05) is 62.6 Å². The summed E-state index contributed by atoms with van der Waals surface area (Å²) in [5.74, 6) is 1.87. The summed E-state index contributed by atoms with van der Waals surface area (Å²) in [5.41, 5.74) is 1.07. The highest BCUT2D eigenvalue weighted by Gasteiger charge is 2.29. The van der Waals surface area contributed by atoms with Crippen LogP contribution in [0, 0.1) is 12.8 Å². The number of hydrogen-bond donors (Lipinski definition) is 1. The second-order valence-corrected chi connectivity index (χ2v) is 13.0. The average molecular weight is 565 g/mol. The highest BCUT2D eigenvalue weighted by atomic mass is 32.2. The molecule has 1 aromatic carbocycles. The number of benzene rings is 1. The largest absolute Gasteiger partial charge is 0.338 e. The summed E-state index contributed by atoms with van der Waals surface area (Å²) in [7, 11) is 0. The number of aromatic nitrogens is 4. The molecule has 3 fully saturated rings. The Kier molecular flexibility index (Phi) is 8.38. The molecule has 3 aliphatic rings. The molecule has 1 N–H and O–H groups in total. The molecule has 2 aliphatic heterocycles. The second kappa shape index (κ2) is 12.3. The number of nitrogens with zero attached hydrogens (tertiary/aromatic N) is 7. The molecule has 0 unspecified atom stereocenters. The maximum atomic E-state index is 12.2. The third-order valence-corrected chi connectivity index (χ3v) is 9.27. The van der Waals surface area contributed by atoms with E-state index in [4.69, 9.17) is 15.0 Å². The Hall–Kier alpha value is -2.60. The molecular weight excluding hydrogens is 528 g/mol. The molecule has 9 nitrogen and oxygen atoms in total. The average Bonchev–Trinajstić information content (AvgIpc) is 3.52. The van der Waals surface area contributed by atoms with Gasteiger partial charge < -0.3 is 9.80 Å². The summed E-state index contributed by atoms with van der Waals surface area (Å²) < 4.78 is 0. The van der Waals surface area contributed by atoms with Crippen molar-refractivity contribution in [3.05, 3.63) is 40.9 Å². The highest BCUT2D eigenvalue weighted by molar-refractivity contribution is 7.99. The normalized spacial score (nSPS) is 18.5. The van der Waals surface area contributed by atoms with Crippen LogP contribution in [0.3, 0.4) is 0 Å². The number of likely N-dealkylation sites (tertiary alicyclic amines) is 1. The van der Waals surface area contributed by atoms with E-state index in [1.807, 2.05) is 25.3 Å². The van der Waals surface area contributed by atoms with Gasteiger partial charge in [0.05, 0.1) is 0 Å². The van der Waals surface area contributed by atoms with E-state index in [0.717, 1.165) is 66.0 Å². The van der Waals surface area contributed by atoms with E-state index in [-0.39, 0.29) is 0 Å². The van der Waals surface area contributed by atoms with E-state index >= 15 is 0 Å². The number of hydrogen-bond acceptors (Lipinski definition) is 11. The SMILES string of the molecule is Cc1cnc(Nc2nc(Sc3ccc(CC(=O)C4CC4)cc3)nc(N3CCN(CCN4CCCC4)CC3)n2)s1. The van der Waals surface area contributed by atoms with Gasteiger partial charge in [-0.1, -0.05) is 12.1 Å². The van der Waals surface area contributed by atoms with E-state index in [9.17, 15) is 4.79 Å². The number of ketones is 1. The van der Waals surface area contributed by atoms with Crippen molar-refractivity contribution in [2.24, 2.45) is 5.92 Å². The maximum absolute atomic E-state index is 12.2. The number of Topliss-reactive ketones (excluding diaryl/α,β-unsaturated/α-hetero) is 1. The number of thiazole rings is 1. The molecule has 1 aliphatic carbocycles. The minimum atomic E-state index is 0.294. The van der Waals surface area contributed by atoms with Crippen LogP contribution in [-0.2, 0) is 11.2 Å². The van der Waals surface area contributed by atoms with Crippen LogP contribution < -0.4 is 10.2 Å². The van der Waals surface area contributed by atoms with E-state index in [1.165, 1.54) is 44.2 Å². The van der Waals surface area contributed by atoms with Gasteiger partial charge in [0.25, 0.3) is 0 Å². The zero-order chi connectivity index (χ0) is 26.6. The van der Waals surface area contributed by atoms with Gasteiger partial charge in [0.15, 0.2) is 10.3 Å². The Bertz CT molecular complexity index is 1260. The Morgan fingerprint density at radius 2 is 1.69 bits per heavy atom. The van der Waals surface area contributed by atoms with Crippen LogP contribution in [0.25, 0.3) is 0 Å². The number of piperazine rings is 1. The third kappa shape index (κ3) is 7.33. The molecular formula is C28H36N8OS2. The smallest absolute Gasteiger partial charge is 0.234 e. The molecule has 0 amide bonds. The van der Waals surface area contributed by atoms with Crippen molar-refractivity contribution in [1.82, 2.24) is 29.7 Å². The van der Waals surface area contributed by atoms with Gasteiger partial charge in [0.2, 0.25) is 11.9 Å². The van der Waals surface area contributed by atoms with Gasteiger partial charge in [0, 0.05) is 67.6 Å². The minimum Gasteiger partial charge on any atom is -0.338 e. The molecule has 11 heteroatoms. The summed E-state index contributed by atoms with van der Waals surface area (Å²) in [5, 5.41) is 4.71. The molecule has 3 aromatic rings. The first-order valence-corrected chi connectivity index (χ1v) is 15.7. The Morgan fingerprint density at radius 3 is 2.36 bits per heavy atom. The van der Waals surface area contributed by atoms with Crippen LogP contribution in [0.15, 0.2) is 40.5 Å². The van der Waals surface area contributed by atoms with E-state index < -0.39 is 0 Å². The third-order valence-electron chi connectivity index (χ3n) is 7.57.